The van der Waals surface area contributed by atoms with Gasteiger partial charge in [0.1, 0.15) is 0 Å². The topological polar surface area (TPSA) is 41.1 Å². The maximum atomic E-state index is 11.9. The first-order chi connectivity index (χ1) is 9.70. The molecule has 4 heteroatoms. The van der Waals surface area contributed by atoms with Crippen LogP contribution in [0.3, 0.4) is 0 Å². The van der Waals surface area contributed by atoms with Crippen molar-refractivity contribution in [1.29, 1.82) is 0 Å². The molecule has 2 rings (SSSR count). The monoisotopic (exact) mass is 288 g/mol. The number of para-hydroxylation sites is 1. The number of aryl methyl sites for hydroxylation is 1. The normalized spacial score (nSPS) is 10.1. The second-order valence-corrected chi connectivity index (χ2v) is 4.82. The molecule has 0 spiro atoms. The number of urea groups is 1. The van der Waals surface area contributed by atoms with Crippen LogP contribution < -0.4 is 10.6 Å². The Morgan fingerprint density at radius 3 is 2.40 bits per heavy atom. The number of benzene rings is 2. The lowest BCUT2D eigenvalue weighted by Crippen LogP contribution is -2.28. The molecule has 0 bridgehead atoms. The molecule has 104 valence electrons. The molecule has 0 atom stereocenters. The van der Waals surface area contributed by atoms with Gasteiger partial charge in [0.2, 0.25) is 0 Å². The van der Waals surface area contributed by atoms with Crippen LogP contribution in [0.15, 0.2) is 48.5 Å². The summed E-state index contributed by atoms with van der Waals surface area (Å²) >= 11 is 6.04. The van der Waals surface area contributed by atoms with Gasteiger partial charge in [0.15, 0.2) is 0 Å². The van der Waals surface area contributed by atoms with Crippen LogP contribution in [-0.4, -0.2) is 6.03 Å². The zero-order valence-corrected chi connectivity index (χ0v) is 12.1. The molecule has 2 aromatic rings. The summed E-state index contributed by atoms with van der Waals surface area (Å²) in [4.78, 5) is 11.9. The van der Waals surface area contributed by atoms with Crippen LogP contribution in [0.25, 0.3) is 0 Å². The van der Waals surface area contributed by atoms with E-state index in [1.807, 2.05) is 48.5 Å². The Kier molecular flexibility index (Phi) is 5.02. The Balaban J connectivity index is 1.95. The van der Waals surface area contributed by atoms with Crippen molar-refractivity contribution in [3.63, 3.8) is 0 Å². The minimum atomic E-state index is -0.231. The van der Waals surface area contributed by atoms with Gasteiger partial charge in [0, 0.05) is 17.3 Å². The van der Waals surface area contributed by atoms with Crippen LogP contribution in [0.5, 0.6) is 0 Å². The Morgan fingerprint density at radius 2 is 1.70 bits per heavy atom. The zero-order chi connectivity index (χ0) is 14.4. The van der Waals surface area contributed by atoms with Crippen LogP contribution in [0.2, 0.25) is 5.02 Å². The summed E-state index contributed by atoms with van der Waals surface area (Å²) in [7, 11) is 0. The molecule has 0 fully saturated rings. The number of hydrogen-bond acceptors (Lipinski definition) is 1. The summed E-state index contributed by atoms with van der Waals surface area (Å²) in [6.45, 7) is 2.46. The van der Waals surface area contributed by atoms with E-state index in [4.69, 9.17) is 11.6 Å². The highest BCUT2D eigenvalue weighted by molar-refractivity contribution is 6.31. The van der Waals surface area contributed by atoms with Crippen LogP contribution in [0.1, 0.15) is 18.1 Å². The maximum absolute atomic E-state index is 11.9. The first-order valence-corrected chi connectivity index (χ1v) is 6.94. The standard InChI is InChI=1S/C16H17ClN2O/c1-2-12-7-4-6-10-15(12)19-16(20)18-11-13-8-3-5-9-14(13)17/h3-10H,2,11H2,1H3,(H2,18,19,20). The van der Waals surface area contributed by atoms with Crippen molar-refractivity contribution >= 4 is 23.3 Å². The van der Waals surface area contributed by atoms with Gasteiger partial charge in [-0.2, -0.15) is 0 Å². The van der Waals surface area contributed by atoms with Crippen molar-refractivity contribution in [2.24, 2.45) is 0 Å². The first kappa shape index (κ1) is 14.4. The lowest BCUT2D eigenvalue weighted by molar-refractivity contribution is 0.251. The fourth-order valence-electron chi connectivity index (χ4n) is 1.93. The highest BCUT2D eigenvalue weighted by Gasteiger charge is 2.06. The molecule has 0 saturated heterocycles. The zero-order valence-electron chi connectivity index (χ0n) is 11.3. The van der Waals surface area contributed by atoms with Crippen molar-refractivity contribution in [1.82, 2.24) is 5.32 Å². The summed E-state index contributed by atoms with van der Waals surface area (Å²) in [6.07, 6.45) is 0.876. The molecule has 0 aromatic heterocycles. The summed E-state index contributed by atoms with van der Waals surface area (Å²) < 4.78 is 0. The Bertz CT molecular complexity index is 599. The smallest absolute Gasteiger partial charge is 0.319 e. The molecule has 20 heavy (non-hydrogen) atoms. The second-order valence-electron chi connectivity index (χ2n) is 4.41. The maximum Gasteiger partial charge on any atom is 0.319 e. The fraction of sp³-hybridized carbons (Fsp3) is 0.188. The van der Waals surface area contributed by atoms with E-state index in [0.717, 1.165) is 23.2 Å². The van der Waals surface area contributed by atoms with E-state index in [2.05, 4.69) is 17.6 Å². The minimum Gasteiger partial charge on any atom is -0.334 e. The third kappa shape index (κ3) is 3.75. The van der Waals surface area contributed by atoms with Crippen LogP contribution in [0.4, 0.5) is 10.5 Å². The SMILES string of the molecule is CCc1ccccc1NC(=O)NCc1ccccc1Cl. The van der Waals surface area contributed by atoms with Crippen molar-refractivity contribution in [3.8, 4) is 0 Å². The van der Waals surface area contributed by atoms with Gasteiger partial charge in [0.25, 0.3) is 0 Å². The number of hydrogen-bond donors (Lipinski definition) is 2. The second kappa shape index (κ2) is 6.96. The third-order valence-electron chi connectivity index (χ3n) is 3.04. The van der Waals surface area contributed by atoms with Gasteiger partial charge in [-0.25, -0.2) is 4.79 Å². The lowest BCUT2D eigenvalue weighted by atomic mass is 10.1. The van der Waals surface area contributed by atoms with Gasteiger partial charge in [-0.3, -0.25) is 0 Å². The lowest BCUT2D eigenvalue weighted by Gasteiger charge is -2.11. The molecule has 0 saturated carbocycles. The van der Waals surface area contributed by atoms with Crippen LogP contribution in [0, 0.1) is 0 Å². The highest BCUT2D eigenvalue weighted by Crippen LogP contribution is 2.16. The molecule has 0 aliphatic rings. The predicted molar refractivity (Wildman–Crippen MR) is 83.1 cm³/mol. The number of rotatable bonds is 4. The number of nitrogens with one attached hydrogen (secondary N) is 2. The van der Waals surface area contributed by atoms with E-state index in [0.29, 0.717) is 11.6 Å². The fourth-order valence-corrected chi connectivity index (χ4v) is 2.14. The first-order valence-electron chi connectivity index (χ1n) is 6.57. The average Bonchev–Trinajstić information content (AvgIpc) is 2.47. The van der Waals surface area contributed by atoms with Gasteiger partial charge in [-0.1, -0.05) is 54.9 Å². The summed E-state index contributed by atoms with van der Waals surface area (Å²) in [5.41, 5.74) is 2.85. The Morgan fingerprint density at radius 1 is 1.05 bits per heavy atom. The number of halogens is 1. The van der Waals surface area contributed by atoms with Crippen molar-refractivity contribution in [3.05, 3.63) is 64.7 Å². The average molecular weight is 289 g/mol. The van der Waals surface area contributed by atoms with E-state index in [1.165, 1.54) is 0 Å². The molecule has 2 N–H and O–H groups in total. The quantitative estimate of drug-likeness (QED) is 0.869. The summed E-state index contributed by atoms with van der Waals surface area (Å²) in [5, 5.41) is 6.32. The largest absolute Gasteiger partial charge is 0.334 e. The molecule has 0 aliphatic heterocycles. The number of carbonyl (C=O) groups is 1. The Labute approximate surface area is 124 Å². The van der Waals surface area contributed by atoms with Crippen molar-refractivity contribution in [2.75, 3.05) is 5.32 Å². The third-order valence-corrected chi connectivity index (χ3v) is 3.41. The molecule has 2 amide bonds. The molecule has 0 radical (unpaired) electrons. The van der Waals surface area contributed by atoms with E-state index in [9.17, 15) is 4.79 Å². The van der Waals surface area contributed by atoms with Gasteiger partial charge >= 0.3 is 6.03 Å². The molecule has 0 unspecified atom stereocenters. The summed E-state index contributed by atoms with van der Waals surface area (Å²) in [5.74, 6) is 0. The number of anilines is 1. The molecule has 0 heterocycles. The van der Waals surface area contributed by atoms with E-state index < -0.39 is 0 Å². The molecular weight excluding hydrogens is 272 g/mol. The number of carbonyl (C=O) groups excluding carboxylic acids is 1. The van der Waals surface area contributed by atoms with E-state index in [-0.39, 0.29) is 6.03 Å². The summed E-state index contributed by atoms with van der Waals surface area (Å²) in [6, 6.07) is 15.0. The molecule has 2 aromatic carbocycles. The predicted octanol–water partition coefficient (Wildman–Crippen LogP) is 4.22. The van der Waals surface area contributed by atoms with Gasteiger partial charge in [-0.15, -0.1) is 0 Å². The highest BCUT2D eigenvalue weighted by atomic mass is 35.5. The van der Waals surface area contributed by atoms with Gasteiger partial charge in [-0.05, 0) is 29.7 Å². The minimum absolute atomic E-state index is 0.231. The van der Waals surface area contributed by atoms with Crippen LogP contribution >= 0.6 is 11.6 Å². The van der Waals surface area contributed by atoms with Crippen LogP contribution in [-0.2, 0) is 13.0 Å². The molecular formula is C16H17ClN2O. The van der Waals surface area contributed by atoms with E-state index in [1.54, 1.807) is 0 Å². The van der Waals surface area contributed by atoms with E-state index >= 15 is 0 Å². The van der Waals surface area contributed by atoms with Gasteiger partial charge < -0.3 is 10.6 Å². The molecule has 0 aliphatic carbocycles. The van der Waals surface area contributed by atoms with Crippen molar-refractivity contribution < 1.29 is 4.79 Å². The van der Waals surface area contributed by atoms with Crippen molar-refractivity contribution in [2.45, 2.75) is 19.9 Å². The Hall–Kier alpha value is -2.00. The number of amides is 2. The molecule has 3 nitrogen and oxygen atoms in total. The van der Waals surface area contributed by atoms with Gasteiger partial charge in [0.05, 0.1) is 0 Å².